The molecule has 4 aromatic rings. The zero-order chi connectivity index (χ0) is 22.8. The van der Waals surface area contributed by atoms with Gasteiger partial charge in [0.2, 0.25) is 0 Å². The minimum atomic E-state index is -0.0638. The molecule has 0 bridgehead atoms. The van der Waals surface area contributed by atoms with Crippen LogP contribution in [-0.2, 0) is 4.79 Å². The number of hydrogen-bond acceptors (Lipinski definition) is 7. The monoisotopic (exact) mass is 483 g/mol. The Morgan fingerprint density at radius 2 is 1.58 bits per heavy atom. The van der Waals surface area contributed by atoms with Crippen LogP contribution < -0.4 is 9.64 Å². The number of anilines is 1. The van der Waals surface area contributed by atoms with Crippen molar-refractivity contribution in [3.63, 3.8) is 0 Å². The predicted octanol–water partition coefficient (Wildman–Crippen LogP) is 3.24. The second kappa shape index (κ2) is 9.21. The lowest BCUT2D eigenvalue weighted by Crippen LogP contribution is -2.50. The van der Waals surface area contributed by atoms with Crippen LogP contribution in [0.2, 0.25) is 10.0 Å². The average molecular weight is 484 g/mol. The van der Waals surface area contributed by atoms with Gasteiger partial charge in [0.25, 0.3) is 5.91 Å². The maximum atomic E-state index is 12.6. The maximum Gasteiger partial charge on any atom is 0.260 e. The fraction of sp³-hybridized carbons (Fsp3) is 0.227. The van der Waals surface area contributed by atoms with Crippen LogP contribution in [0.4, 0.5) is 5.82 Å². The summed E-state index contributed by atoms with van der Waals surface area (Å²) in [6.07, 6.45) is 1.50. The number of carbonyl (C=O) groups excluding carboxylic acids is 1. The second-order valence-electron chi connectivity index (χ2n) is 7.46. The van der Waals surface area contributed by atoms with Crippen LogP contribution in [-0.4, -0.2) is 68.6 Å². The number of carbonyl (C=O) groups is 1. The highest BCUT2D eigenvalue weighted by atomic mass is 35.5. The van der Waals surface area contributed by atoms with Crippen LogP contribution in [0.1, 0.15) is 0 Å². The van der Waals surface area contributed by atoms with Crippen molar-refractivity contribution in [3.8, 4) is 11.4 Å². The Bertz CT molecular complexity index is 1270. The van der Waals surface area contributed by atoms with E-state index < -0.39 is 0 Å². The molecule has 9 nitrogen and oxygen atoms in total. The van der Waals surface area contributed by atoms with E-state index in [0.29, 0.717) is 59.0 Å². The molecule has 11 heteroatoms. The molecule has 0 N–H and O–H groups in total. The van der Waals surface area contributed by atoms with E-state index >= 15 is 0 Å². The number of piperazine rings is 1. The van der Waals surface area contributed by atoms with E-state index in [-0.39, 0.29) is 12.5 Å². The van der Waals surface area contributed by atoms with Gasteiger partial charge in [-0.2, -0.15) is 4.68 Å². The Balaban J connectivity index is 1.25. The van der Waals surface area contributed by atoms with Crippen LogP contribution in [0.15, 0.2) is 54.9 Å². The zero-order valence-corrected chi connectivity index (χ0v) is 18.9. The van der Waals surface area contributed by atoms with Gasteiger partial charge in [-0.1, -0.05) is 28.4 Å². The molecule has 33 heavy (non-hydrogen) atoms. The van der Waals surface area contributed by atoms with Crippen molar-refractivity contribution in [2.75, 3.05) is 37.7 Å². The molecule has 1 amide bonds. The number of ether oxygens (including phenoxy) is 1. The lowest BCUT2D eigenvalue weighted by Gasteiger charge is -2.35. The third-order valence-electron chi connectivity index (χ3n) is 5.40. The molecular formula is C22H19Cl2N7O2. The molecule has 2 aromatic carbocycles. The van der Waals surface area contributed by atoms with Crippen LogP contribution in [0, 0.1) is 0 Å². The normalized spacial score (nSPS) is 14.0. The molecule has 0 aliphatic carbocycles. The molecule has 1 fully saturated rings. The first-order chi connectivity index (χ1) is 16.1. The van der Waals surface area contributed by atoms with E-state index in [0.717, 1.165) is 5.69 Å². The standard InChI is InChI=1S/C22H19Cl2N7O2/c23-15-1-5-17(6-2-15)31-22-20(27-28-31)21(25-14-26-22)30-11-9-29(10-12-30)19(32)13-33-18-7-3-16(24)4-8-18/h1-8,14H,9-13H2. The van der Waals surface area contributed by atoms with Gasteiger partial charge < -0.3 is 14.5 Å². The van der Waals surface area contributed by atoms with E-state index in [9.17, 15) is 4.79 Å². The number of benzene rings is 2. The molecule has 0 radical (unpaired) electrons. The molecule has 1 saturated heterocycles. The summed E-state index contributed by atoms with van der Waals surface area (Å²) in [5.41, 5.74) is 2.03. The minimum absolute atomic E-state index is 0.0190. The quantitative estimate of drug-likeness (QED) is 0.430. The number of hydrogen-bond donors (Lipinski definition) is 0. The minimum Gasteiger partial charge on any atom is -0.484 e. The van der Waals surface area contributed by atoms with Gasteiger partial charge in [0, 0.05) is 36.2 Å². The molecule has 2 aromatic heterocycles. The maximum absolute atomic E-state index is 12.6. The Labute approximate surface area is 199 Å². The predicted molar refractivity (Wildman–Crippen MR) is 125 cm³/mol. The number of rotatable bonds is 5. The number of halogens is 2. The molecule has 5 rings (SSSR count). The molecule has 1 aliphatic heterocycles. The van der Waals surface area contributed by atoms with E-state index in [1.807, 2.05) is 12.1 Å². The lowest BCUT2D eigenvalue weighted by atomic mass is 10.3. The summed E-state index contributed by atoms with van der Waals surface area (Å²) in [6.45, 7) is 2.33. The zero-order valence-electron chi connectivity index (χ0n) is 17.4. The number of fused-ring (bicyclic) bond motifs is 1. The Hall–Kier alpha value is -3.43. The van der Waals surface area contributed by atoms with Crippen molar-refractivity contribution < 1.29 is 9.53 Å². The molecule has 0 spiro atoms. The van der Waals surface area contributed by atoms with Gasteiger partial charge in [0.15, 0.2) is 23.6 Å². The highest BCUT2D eigenvalue weighted by Gasteiger charge is 2.25. The molecule has 0 unspecified atom stereocenters. The van der Waals surface area contributed by atoms with Crippen LogP contribution in [0.3, 0.4) is 0 Å². The molecular weight excluding hydrogens is 465 g/mol. The van der Waals surface area contributed by atoms with E-state index in [4.69, 9.17) is 27.9 Å². The van der Waals surface area contributed by atoms with Crippen molar-refractivity contribution in [1.29, 1.82) is 0 Å². The first kappa shape index (κ1) is 21.4. The highest BCUT2D eigenvalue weighted by Crippen LogP contribution is 2.24. The number of aromatic nitrogens is 5. The van der Waals surface area contributed by atoms with Crippen molar-refractivity contribution in [3.05, 3.63) is 64.9 Å². The summed E-state index contributed by atoms with van der Waals surface area (Å²) < 4.78 is 7.24. The van der Waals surface area contributed by atoms with Crippen LogP contribution in [0.5, 0.6) is 5.75 Å². The van der Waals surface area contributed by atoms with E-state index in [1.165, 1.54) is 6.33 Å². The van der Waals surface area contributed by atoms with Gasteiger partial charge in [0.05, 0.1) is 5.69 Å². The van der Waals surface area contributed by atoms with Gasteiger partial charge in [-0.15, -0.1) is 5.10 Å². The third-order valence-corrected chi connectivity index (χ3v) is 5.90. The SMILES string of the molecule is O=C(COc1ccc(Cl)cc1)N1CCN(c2ncnc3c2nnn3-c2ccc(Cl)cc2)CC1. The lowest BCUT2D eigenvalue weighted by molar-refractivity contribution is -0.133. The van der Waals surface area contributed by atoms with E-state index in [2.05, 4.69) is 25.2 Å². The fourth-order valence-electron chi connectivity index (χ4n) is 3.66. The average Bonchev–Trinajstić information content (AvgIpc) is 3.28. The smallest absolute Gasteiger partial charge is 0.260 e. The molecule has 3 heterocycles. The first-order valence-electron chi connectivity index (χ1n) is 10.3. The summed E-state index contributed by atoms with van der Waals surface area (Å²) in [5.74, 6) is 1.24. The third kappa shape index (κ3) is 4.55. The van der Waals surface area contributed by atoms with Crippen molar-refractivity contribution in [2.45, 2.75) is 0 Å². The Morgan fingerprint density at radius 1 is 0.909 bits per heavy atom. The van der Waals surface area contributed by atoms with E-state index in [1.54, 1.807) is 46.0 Å². The number of nitrogens with zero attached hydrogens (tertiary/aromatic N) is 7. The van der Waals surface area contributed by atoms with Crippen molar-refractivity contribution in [1.82, 2.24) is 29.9 Å². The summed E-state index contributed by atoms with van der Waals surface area (Å²) in [6, 6.07) is 14.2. The van der Waals surface area contributed by atoms with Gasteiger partial charge in [-0.3, -0.25) is 4.79 Å². The van der Waals surface area contributed by atoms with Crippen LogP contribution >= 0.6 is 23.2 Å². The molecule has 1 aliphatic rings. The summed E-state index contributed by atoms with van der Waals surface area (Å²) in [4.78, 5) is 25.3. The van der Waals surface area contributed by atoms with Gasteiger partial charge in [0.1, 0.15) is 12.1 Å². The van der Waals surface area contributed by atoms with Crippen molar-refractivity contribution in [2.24, 2.45) is 0 Å². The van der Waals surface area contributed by atoms with Gasteiger partial charge in [-0.25, -0.2) is 9.97 Å². The Morgan fingerprint density at radius 3 is 2.27 bits per heavy atom. The van der Waals surface area contributed by atoms with Gasteiger partial charge >= 0.3 is 0 Å². The second-order valence-corrected chi connectivity index (χ2v) is 8.33. The highest BCUT2D eigenvalue weighted by molar-refractivity contribution is 6.30. The van der Waals surface area contributed by atoms with Gasteiger partial charge in [-0.05, 0) is 48.5 Å². The largest absolute Gasteiger partial charge is 0.484 e. The number of amides is 1. The first-order valence-corrected chi connectivity index (χ1v) is 11.1. The Kier molecular flexibility index (Phi) is 5.97. The molecule has 0 atom stereocenters. The molecule has 168 valence electrons. The summed E-state index contributed by atoms with van der Waals surface area (Å²) in [5, 5.41) is 9.84. The topological polar surface area (TPSA) is 89.3 Å². The van der Waals surface area contributed by atoms with Crippen LogP contribution in [0.25, 0.3) is 16.9 Å². The summed E-state index contributed by atoms with van der Waals surface area (Å²) in [7, 11) is 0. The fourth-order valence-corrected chi connectivity index (χ4v) is 3.91. The molecule has 0 saturated carbocycles. The van der Waals surface area contributed by atoms with Crippen molar-refractivity contribution >= 4 is 46.1 Å². The summed E-state index contributed by atoms with van der Waals surface area (Å²) >= 11 is 11.9.